The molecule has 0 amide bonds. The predicted molar refractivity (Wildman–Crippen MR) is 71.0 cm³/mol. The Morgan fingerprint density at radius 1 is 1.50 bits per heavy atom. The summed E-state index contributed by atoms with van der Waals surface area (Å²) in [5.74, 6) is 9.23. The third kappa shape index (κ3) is 2.93. The van der Waals surface area contributed by atoms with Crippen molar-refractivity contribution >= 4 is 35.2 Å². The lowest BCUT2D eigenvalue weighted by Crippen LogP contribution is -2.20. The molecule has 1 unspecified atom stereocenters. The van der Waals surface area contributed by atoms with Crippen molar-refractivity contribution in [1.29, 1.82) is 0 Å². The number of nitrogens with two attached hydrogens (primary N) is 1. The van der Waals surface area contributed by atoms with Crippen molar-refractivity contribution in [2.24, 2.45) is 5.84 Å². The number of aromatic nitrogens is 2. The Morgan fingerprint density at radius 3 is 2.94 bits per heavy atom. The van der Waals surface area contributed by atoms with Crippen LogP contribution in [0.5, 0.6) is 0 Å². The van der Waals surface area contributed by atoms with Gasteiger partial charge in [0.05, 0.1) is 0 Å². The third-order valence-corrected chi connectivity index (χ3v) is 4.03. The van der Waals surface area contributed by atoms with Gasteiger partial charge in [0.1, 0.15) is 11.6 Å². The lowest BCUT2D eigenvalue weighted by Gasteiger charge is -2.13. The molecule has 1 saturated heterocycles. The Balaban J connectivity index is 2.12. The zero-order valence-electron chi connectivity index (χ0n) is 9.06. The summed E-state index contributed by atoms with van der Waals surface area (Å²) < 4.78 is 0. The maximum Gasteiger partial charge on any atom is 0.191 e. The molecule has 2 rings (SSSR count). The smallest absolute Gasteiger partial charge is 0.191 e. The lowest BCUT2D eigenvalue weighted by atomic mass is 10.2. The van der Waals surface area contributed by atoms with E-state index in [1.165, 1.54) is 23.9 Å². The van der Waals surface area contributed by atoms with Crippen molar-refractivity contribution in [2.45, 2.75) is 17.6 Å². The molecule has 0 aliphatic carbocycles. The van der Waals surface area contributed by atoms with Crippen molar-refractivity contribution in [3.63, 3.8) is 0 Å². The highest BCUT2D eigenvalue weighted by atomic mass is 32.2. The highest BCUT2D eigenvalue weighted by Crippen LogP contribution is 2.22. The zero-order chi connectivity index (χ0) is 11.4. The number of rotatable bonds is 4. The number of anilines is 2. The highest BCUT2D eigenvalue weighted by Gasteiger charge is 2.16. The molecule has 1 aromatic heterocycles. The Hall–Kier alpha value is -0.660. The fourth-order valence-corrected chi connectivity index (χ4v) is 3.05. The SMILES string of the molecule is CSc1nc(NN)cc(NC2CCSC2)n1. The van der Waals surface area contributed by atoms with Crippen LogP contribution in [-0.4, -0.2) is 33.8 Å². The van der Waals surface area contributed by atoms with Crippen LogP contribution in [0.4, 0.5) is 11.6 Å². The summed E-state index contributed by atoms with van der Waals surface area (Å²) >= 11 is 3.48. The molecular formula is C9H15N5S2. The van der Waals surface area contributed by atoms with E-state index in [2.05, 4.69) is 20.7 Å². The minimum atomic E-state index is 0.514. The van der Waals surface area contributed by atoms with E-state index in [4.69, 9.17) is 5.84 Å². The molecule has 0 bridgehead atoms. The fourth-order valence-electron chi connectivity index (χ4n) is 1.52. The molecule has 1 atom stereocenters. The van der Waals surface area contributed by atoms with Gasteiger partial charge in [0, 0.05) is 17.9 Å². The quantitative estimate of drug-likeness (QED) is 0.326. The summed E-state index contributed by atoms with van der Waals surface area (Å²) in [6.45, 7) is 0. The largest absolute Gasteiger partial charge is 0.366 e. The molecule has 1 aliphatic rings. The minimum absolute atomic E-state index is 0.514. The average molecular weight is 257 g/mol. The molecule has 7 heteroatoms. The van der Waals surface area contributed by atoms with Crippen LogP contribution >= 0.6 is 23.5 Å². The second-order valence-electron chi connectivity index (χ2n) is 3.47. The van der Waals surface area contributed by atoms with E-state index in [0.29, 0.717) is 11.9 Å². The van der Waals surface area contributed by atoms with Gasteiger partial charge in [-0.2, -0.15) is 11.8 Å². The topological polar surface area (TPSA) is 75.9 Å². The van der Waals surface area contributed by atoms with Gasteiger partial charge in [-0.15, -0.1) is 0 Å². The second kappa shape index (κ2) is 5.60. The number of thioether (sulfide) groups is 2. The van der Waals surface area contributed by atoms with Crippen LogP contribution in [0.3, 0.4) is 0 Å². The van der Waals surface area contributed by atoms with E-state index in [9.17, 15) is 0 Å². The Morgan fingerprint density at radius 2 is 2.31 bits per heavy atom. The molecule has 1 aliphatic heterocycles. The maximum absolute atomic E-state index is 5.37. The molecule has 16 heavy (non-hydrogen) atoms. The van der Waals surface area contributed by atoms with E-state index >= 15 is 0 Å². The van der Waals surface area contributed by atoms with E-state index < -0.39 is 0 Å². The van der Waals surface area contributed by atoms with Gasteiger partial charge in [0.25, 0.3) is 0 Å². The van der Waals surface area contributed by atoms with Crippen LogP contribution in [0.25, 0.3) is 0 Å². The molecule has 1 fully saturated rings. The first-order chi connectivity index (χ1) is 7.81. The summed E-state index contributed by atoms with van der Waals surface area (Å²) in [5, 5.41) is 4.14. The molecule has 2 heterocycles. The minimum Gasteiger partial charge on any atom is -0.366 e. The molecule has 1 aromatic rings. The van der Waals surface area contributed by atoms with Crippen molar-refractivity contribution in [2.75, 3.05) is 28.5 Å². The van der Waals surface area contributed by atoms with E-state index in [1.54, 1.807) is 0 Å². The number of nitrogens with one attached hydrogen (secondary N) is 2. The van der Waals surface area contributed by atoms with Crippen LogP contribution in [0.2, 0.25) is 0 Å². The zero-order valence-corrected chi connectivity index (χ0v) is 10.7. The number of hydrogen-bond donors (Lipinski definition) is 3. The number of nitrogens with zero attached hydrogens (tertiary/aromatic N) is 2. The predicted octanol–water partition coefficient (Wildman–Crippen LogP) is 1.40. The van der Waals surface area contributed by atoms with Crippen molar-refractivity contribution in [3.05, 3.63) is 6.07 Å². The van der Waals surface area contributed by atoms with Crippen LogP contribution in [0, 0.1) is 0 Å². The van der Waals surface area contributed by atoms with Crippen LogP contribution < -0.4 is 16.6 Å². The average Bonchev–Trinajstić information content (AvgIpc) is 2.81. The summed E-state index contributed by atoms with van der Waals surface area (Å²) in [5.41, 5.74) is 2.56. The van der Waals surface area contributed by atoms with Gasteiger partial charge in [-0.25, -0.2) is 15.8 Å². The standard InChI is InChI=1S/C9H15N5S2/c1-15-9-12-7(4-8(13-9)14-10)11-6-2-3-16-5-6/h4,6H,2-3,5,10H2,1H3,(H2,11,12,13,14). The highest BCUT2D eigenvalue weighted by molar-refractivity contribution is 7.99. The van der Waals surface area contributed by atoms with E-state index in [1.807, 2.05) is 24.1 Å². The molecule has 0 saturated carbocycles. The first kappa shape index (κ1) is 11.8. The Bertz CT molecular complexity index is 332. The van der Waals surface area contributed by atoms with Crippen LogP contribution in [0.15, 0.2) is 11.2 Å². The first-order valence-electron chi connectivity index (χ1n) is 5.06. The van der Waals surface area contributed by atoms with Crippen LogP contribution in [-0.2, 0) is 0 Å². The summed E-state index contributed by atoms with van der Waals surface area (Å²) in [7, 11) is 0. The molecule has 4 N–H and O–H groups in total. The lowest BCUT2D eigenvalue weighted by molar-refractivity contribution is 0.799. The molecule has 0 radical (unpaired) electrons. The molecule has 0 spiro atoms. The fraction of sp³-hybridized carbons (Fsp3) is 0.556. The van der Waals surface area contributed by atoms with Gasteiger partial charge in [0.2, 0.25) is 0 Å². The van der Waals surface area contributed by atoms with E-state index in [0.717, 1.165) is 16.7 Å². The van der Waals surface area contributed by atoms with Gasteiger partial charge < -0.3 is 10.7 Å². The normalized spacial score (nSPS) is 19.8. The first-order valence-corrected chi connectivity index (χ1v) is 7.43. The number of hydrazine groups is 1. The van der Waals surface area contributed by atoms with E-state index in [-0.39, 0.29) is 0 Å². The van der Waals surface area contributed by atoms with Crippen LogP contribution in [0.1, 0.15) is 6.42 Å². The molecular weight excluding hydrogens is 242 g/mol. The third-order valence-electron chi connectivity index (χ3n) is 2.32. The summed E-state index contributed by atoms with van der Waals surface area (Å²) in [6.07, 6.45) is 3.14. The van der Waals surface area contributed by atoms with Gasteiger partial charge in [-0.1, -0.05) is 11.8 Å². The van der Waals surface area contributed by atoms with Gasteiger partial charge in [-0.05, 0) is 18.4 Å². The number of nitrogen functional groups attached to an aromatic ring is 1. The van der Waals surface area contributed by atoms with Crippen molar-refractivity contribution in [1.82, 2.24) is 9.97 Å². The van der Waals surface area contributed by atoms with Gasteiger partial charge >= 0.3 is 0 Å². The van der Waals surface area contributed by atoms with Gasteiger partial charge in [-0.3, -0.25) is 0 Å². The Labute approximate surface area is 103 Å². The van der Waals surface area contributed by atoms with Crippen molar-refractivity contribution < 1.29 is 0 Å². The summed E-state index contributed by atoms with van der Waals surface area (Å²) in [4.78, 5) is 8.61. The van der Waals surface area contributed by atoms with Gasteiger partial charge in [0.15, 0.2) is 5.16 Å². The summed E-state index contributed by atoms with van der Waals surface area (Å²) in [6, 6.07) is 2.35. The second-order valence-corrected chi connectivity index (χ2v) is 5.40. The molecule has 0 aromatic carbocycles. The maximum atomic E-state index is 5.37. The monoisotopic (exact) mass is 257 g/mol. The number of hydrogen-bond acceptors (Lipinski definition) is 7. The Kier molecular flexibility index (Phi) is 4.14. The van der Waals surface area contributed by atoms with Crippen molar-refractivity contribution in [3.8, 4) is 0 Å². The molecule has 5 nitrogen and oxygen atoms in total. The molecule has 88 valence electrons.